The quantitative estimate of drug-likeness (QED) is 0.204. The highest BCUT2D eigenvalue weighted by Gasteiger charge is 2.85. The second kappa shape index (κ2) is 13.1. The van der Waals surface area contributed by atoms with Crippen LogP contribution in [-0.2, 0) is 24.0 Å². The van der Waals surface area contributed by atoms with Gasteiger partial charge in [0.25, 0.3) is 5.91 Å². The van der Waals surface area contributed by atoms with Gasteiger partial charge in [0.2, 0.25) is 23.5 Å². The third kappa shape index (κ3) is 5.98. The van der Waals surface area contributed by atoms with Gasteiger partial charge in [0, 0.05) is 37.1 Å². The molecule has 13 heteroatoms. The Kier molecular flexibility index (Phi) is 9.21. The monoisotopic (exact) mass is 695 g/mol. The van der Waals surface area contributed by atoms with Crippen LogP contribution in [0.5, 0.6) is 0 Å². The van der Waals surface area contributed by atoms with Crippen molar-refractivity contribution in [2.24, 2.45) is 33.8 Å². The molecule has 13 nitrogen and oxygen atoms in total. The zero-order valence-corrected chi connectivity index (χ0v) is 30.0. The third-order valence-corrected chi connectivity index (χ3v) is 14.7. The summed E-state index contributed by atoms with van der Waals surface area (Å²) in [5, 5.41) is 12.1. The van der Waals surface area contributed by atoms with Crippen molar-refractivity contribution in [2.75, 3.05) is 32.7 Å². The van der Waals surface area contributed by atoms with E-state index in [9.17, 15) is 28.8 Å². The number of nitrogens with two attached hydrogens (primary N) is 1. The minimum atomic E-state index is -1.08. The van der Waals surface area contributed by atoms with Crippen LogP contribution >= 0.6 is 0 Å². The molecule has 0 aromatic carbocycles. The third-order valence-electron chi connectivity index (χ3n) is 14.7. The Morgan fingerprint density at radius 3 is 2.16 bits per heavy atom. The van der Waals surface area contributed by atoms with Crippen molar-refractivity contribution in [1.82, 2.24) is 31.1 Å². The Morgan fingerprint density at radius 1 is 0.860 bits per heavy atom. The fraction of sp³-hybridized carbons (Fsp3) is 0.838. The number of rotatable bonds is 11. The standard InChI is InChI=1S/C37H57N7O6/c1-34(2)36(12-7-13-36)37(34)19-26(31(48)41-25(29(46)30(38)47)18-23-8-6-9-23)44(22-37)27(45)20-39-33(50)42-28(24-10-4-3-5-11-24)32(49)43-17-16-40-35(21-43)14-15-35/h23-26,28,40H,3-22H2,1-2H3,(H2,38,47)(H,41,48)(H2,39,42,50)/t25?,26?,28-,37?/m0/s1. The van der Waals surface area contributed by atoms with E-state index in [0.717, 1.165) is 90.0 Å². The lowest BCUT2D eigenvalue weighted by atomic mass is 9.73. The maximum absolute atomic E-state index is 14.0. The highest BCUT2D eigenvalue weighted by Crippen LogP contribution is 2.88. The second-order valence-electron chi connectivity index (χ2n) is 17.4. The Bertz CT molecular complexity index is 1410. The van der Waals surface area contributed by atoms with Crippen LogP contribution in [0.1, 0.15) is 110 Å². The first-order valence-electron chi connectivity index (χ1n) is 19.3. The summed E-state index contributed by atoms with van der Waals surface area (Å²) in [6, 6.07) is -3.08. The van der Waals surface area contributed by atoms with Gasteiger partial charge in [-0.15, -0.1) is 0 Å². The van der Waals surface area contributed by atoms with Gasteiger partial charge in [0.05, 0.1) is 12.6 Å². The van der Waals surface area contributed by atoms with E-state index in [-0.39, 0.29) is 52.0 Å². The van der Waals surface area contributed by atoms with Crippen molar-refractivity contribution in [2.45, 2.75) is 134 Å². The lowest BCUT2D eigenvalue weighted by molar-refractivity contribution is -0.141. The normalized spacial score (nSPS) is 30.2. The molecule has 0 bridgehead atoms. The number of nitrogens with one attached hydrogen (secondary N) is 4. The van der Waals surface area contributed by atoms with Crippen LogP contribution in [0, 0.1) is 28.1 Å². The molecule has 7 aliphatic rings. The van der Waals surface area contributed by atoms with E-state index in [0.29, 0.717) is 32.5 Å². The summed E-state index contributed by atoms with van der Waals surface area (Å²) >= 11 is 0. The van der Waals surface area contributed by atoms with E-state index in [4.69, 9.17) is 5.73 Å². The number of primary amides is 1. The van der Waals surface area contributed by atoms with E-state index in [1.807, 2.05) is 4.90 Å². The Hall–Kier alpha value is -3.22. The lowest BCUT2D eigenvalue weighted by Gasteiger charge is -2.38. The topological polar surface area (TPSA) is 183 Å². The summed E-state index contributed by atoms with van der Waals surface area (Å²) in [5.74, 6) is -2.50. The number of carbonyl (C=O) groups is 6. The Labute approximate surface area is 295 Å². The number of ketones is 1. The maximum atomic E-state index is 14.0. The van der Waals surface area contributed by atoms with Crippen LogP contribution in [0.25, 0.3) is 0 Å². The zero-order chi connectivity index (χ0) is 35.5. The molecular formula is C37H57N7O6. The SMILES string of the molecule is CC1(C)C2(CCC2)C12CC(C(=O)NC(CC1CCC1)C(=O)C(N)=O)N(C(=O)CNC(=O)N[C@H](C(=O)N1CCNC3(CC3)C1)C1CCCCC1)C2. The van der Waals surface area contributed by atoms with E-state index in [1.165, 1.54) is 0 Å². The first kappa shape index (κ1) is 35.2. The first-order valence-corrected chi connectivity index (χ1v) is 19.3. The minimum Gasteiger partial charge on any atom is -0.363 e. The first-order chi connectivity index (χ1) is 23.8. The van der Waals surface area contributed by atoms with Gasteiger partial charge in [-0.25, -0.2) is 4.79 Å². The number of nitrogens with zero attached hydrogens (tertiary/aromatic N) is 2. The van der Waals surface area contributed by atoms with Gasteiger partial charge in [-0.2, -0.15) is 0 Å². The minimum absolute atomic E-state index is 0.0220. The molecule has 5 aliphatic carbocycles. The van der Waals surface area contributed by atoms with E-state index >= 15 is 0 Å². The molecule has 7 fully saturated rings. The van der Waals surface area contributed by atoms with Crippen LogP contribution in [0.4, 0.5) is 4.79 Å². The van der Waals surface area contributed by atoms with Gasteiger partial charge in [-0.05, 0) is 74.0 Å². The summed E-state index contributed by atoms with van der Waals surface area (Å²) < 4.78 is 0. The molecule has 5 saturated carbocycles. The van der Waals surface area contributed by atoms with Crippen LogP contribution in [0.15, 0.2) is 0 Å². The van der Waals surface area contributed by atoms with Crippen molar-refractivity contribution in [1.29, 1.82) is 0 Å². The van der Waals surface area contributed by atoms with Crippen LogP contribution < -0.4 is 27.0 Å². The average molecular weight is 696 g/mol. The molecular weight excluding hydrogens is 638 g/mol. The molecule has 3 spiro atoms. The molecule has 4 atom stereocenters. The zero-order valence-electron chi connectivity index (χ0n) is 30.0. The smallest absolute Gasteiger partial charge is 0.315 e. The lowest BCUT2D eigenvalue weighted by Crippen LogP contribution is -2.61. The van der Waals surface area contributed by atoms with Gasteiger partial charge >= 0.3 is 6.03 Å². The van der Waals surface area contributed by atoms with E-state index < -0.39 is 41.8 Å². The molecule has 276 valence electrons. The molecule has 7 rings (SSSR count). The molecule has 6 amide bonds. The highest BCUT2D eigenvalue weighted by atomic mass is 16.2. The predicted molar refractivity (Wildman–Crippen MR) is 184 cm³/mol. The van der Waals surface area contributed by atoms with Crippen molar-refractivity contribution >= 4 is 35.4 Å². The Balaban J connectivity index is 1.03. The number of carbonyl (C=O) groups excluding carboxylic acids is 6. The van der Waals surface area contributed by atoms with E-state index in [2.05, 4.69) is 35.1 Å². The van der Waals surface area contributed by atoms with Crippen molar-refractivity contribution in [3.05, 3.63) is 0 Å². The van der Waals surface area contributed by atoms with Gasteiger partial charge < -0.3 is 36.8 Å². The summed E-state index contributed by atoms with van der Waals surface area (Å²) in [6.45, 7) is 6.52. The van der Waals surface area contributed by atoms with Gasteiger partial charge in [-0.1, -0.05) is 58.8 Å². The number of likely N-dealkylation sites (tertiary alicyclic amines) is 1. The summed E-state index contributed by atoms with van der Waals surface area (Å²) in [6.07, 6.45) is 14.0. The number of amides is 6. The largest absolute Gasteiger partial charge is 0.363 e. The number of urea groups is 1. The molecule has 3 unspecified atom stereocenters. The number of hydrogen-bond acceptors (Lipinski definition) is 7. The molecule has 0 aromatic heterocycles. The van der Waals surface area contributed by atoms with Gasteiger partial charge in [0.15, 0.2) is 0 Å². The van der Waals surface area contributed by atoms with Crippen molar-refractivity contribution < 1.29 is 28.8 Å². The van der Waals surface area contributed by atoms with Crippen molar-refractivity contribution in [3.8, 4) is 0 Å². The molecule has 0 radical (unpaired) electrons. The van der Waals surface area contributed by atoms with Crippen LogP contribution in [-0.4, -0.2) is 102 Å². The molecule has 0 aromatic rings. The van der Waals surface area contributed by atoms with Gasteiger partial charge in [-0.3, -0.25) is 24.0 Å². The molecule has 2 heterocycles. The number of piperazine rings is 1. The molecule has 6 N–H and O–H groups in total. The fourth-order valence-electron chi connectivity index (χ4n) is 11.0. The fourth-order valence-corrected chi connectivity index (χ4v) is 11.0. The molecule has 2 aliphatic heterocycles. The van der Waals surface area contributed by atoms with Crippen LogP contribution in [0.3, 0.4) is 0 Å². The average Bonchev–Trinajstić information content (AvgIpc) is 3.81. The summed E-state index contributed by atoms with van der Waals surface area (Å²) in [4.78, 5) is 83.5. The highest BCUT2D eigenvalue weighted by molar-refractivity contribution is 6.37. The van der Waals surface area contributed by atoms with Crippen LogP contribution in [0.2, 0.25) is 0 Å². The Morgan fingerprint density at radius 2 is 1.58 bits per heavy atom. The number of Topliss-reactive ketones (excluding diaryl/α,β-unsaturated/α-hetero) is 1. The molecule has 2 saturated heterocycles. The number of fused-ring (bicyclic) bond motifs is 1. The predicted octanol–water partition coefficient (Wildman–Crippen LogP) is 1.73. The summed E-state index contributed by atoms with van der Waals surface area (Å²) in [5.41, 5.74) is 5.15. The maximum Gasteiger partial charge on any atom is 0.315 e. The van der Waals surface area contributed by atoms with Crippen molar-refractivity contribution in [3.63, 3.8) is 0 Å². The second-order valence-corrected chi connectivity index (χ2v) is 17.4. The van der Waals surface area contributed by atoms with E-state index in [1.54, 1.807) is 4.90 Å². The number of hydrogen-bond donors (Lipinski definition) is 5. The van der Waals surface area contributed by atoms with Gasteiger partial charge in [0.1, 0.15) is 12.1 Å². The molecule has 50 heavy (non-hydrogen) atoms. The summed E-state index contributed by atoms with van der Waals surface area (Å²) in [7, 11) is 0.